The number of rotatable bonds is 27. The zero-order chi connectivity index (χ0) is 34.9. The van der Waals surface area contributed by atoms with Crippen molar-refractivity contribution in [2.45, 2.75) is 128 Å². The Balaban J connectivity index is 4.69. The predicted molar refractivity (Wildman–Crippen MR) is 199 cm³/mol. The Morgan fingerprint density at radius 2 is 1.11 bits per heavy atom. The third-order valence-electron chi connectivity index (χ3n) is 5.69. The van der Waals surface area contributed by atoms with Crippen LogP contribution in [0.4, 0.5) is 0 Å². The fourth-order valence-electron chi connectivity index (χ4n) is 4.34. The Kier molecular flexibility index (Phi) is 22.5. The molecule has 0 aromatic rings. The highest BCUT2D eigenvalue weighted by molar-refractivity contribution is 7.97. The van der Waals surface area contributed by atoms with Crippen LogP contribution in [0.25, 0.3) is 0 Å². The molecule has 268 valence electrons. The molecule has 0 aliphatic rings. The van der Waals surface area contributed by atoms with Crippen LogP contribution >= 0.6 is 24.1 Å². The second-order valence-corrected chi connectivity index (χ2v) is 33.5. The van der Waals surface area contributed by atoms with Crippen molar-refractivity contribution in [3.8, 4) is 0 Å². The smallest absolute Gasteiger partial charge is 0.360 e. The average Bonchev–Trinajstić information content (AvgIpc) is 2.87. The van der Waals surface area contributed by atoms with Gasteiger partial charge in [-0.3, -0.25) is 4.79 Å². The minimum atomic E-state index is -2.39. The van der Waals surface area contributed by atoms with E-state index in [2.05, 4.69) is 86.6 Å². The second-order valence-electron chi connectivity index (χ2n) is 14.3. The summed E-state index contributed by atoms with van der Waals surface area (Å²) in [7, 11) is -8.26. The van der Waals surface area contributed by atoms with Gasteiger partial charge in [0, 0.05) is 36.8 Å². The topological polar surface area (TPSA) is 116 Å². The van der Waals surface area contributed by atoms with E-state index in [1.807, 2.05) is 0 Å². The quantitative estimate of drug-likeness (QED) is 0.0414. The summed E-state index contributed by atoms with van der Waals surface area (Å²) in [5.41, 5.74) is 0. The normalized spacial score (nSPS) is 14.7. The van der Waals surface area contributed by atoms with Crippen molar-refractivity contribution in [2.24, 2.45) is 0 Å². The molecule has 0 spiro atoms. The first-order valence-corrected chi connectivity index (χ1v) is 29.6. The third-order valence-corrected chi connectivity index (χ3v) is 20.9. The number of hydrogen-bond donors (Lipinski definition) is 2. The molecule has 10 nitrogen and oxygen atoms in total. The summed E-state index contributed by atoms with van der Waals surface area (Å²) in [5.74, 6) is -0.372. The number of amides is 1. The van der Waals surface area contributed by atoms with Gasteiger partial charge in [-0.1, -0.05) is 34.3 Å². The lowest BCUT2D eigenvalue weighted by atomic mass is 10.2. The lowest BCUT2D eigenvalue weighted by Crippen LogP contribution is -2.52. The number of hydrogen-bond acceptors (Lipinski definition) is 11. The maximum Gasteiger partial charge on any atom is 0.360 e. The third kappa shape index (κ3) is 25.1. The monoisotopic (exact) mass is 747 g/mol. The van der Waals surface area contributed by atoms with Gasteiger partial charge in [-0.2, -0.15) is 0 Å². The molecule has 0 aromatic carbocycles. The highest BCUT2D eigenvalue weighted by Gasteiger charge is 2.40. The van der Waals surface area contributed by atoms with E-state index >= 15 is 0 Å². The molecule has 0 aliphatic heterocycles. The predicted octanol–water partition coefficient (Wildman–Crippen LogP) is 6.53. The molecule has 1 amide bonds. The van der Waals surface area contributed by atoms with E-state index in [0.29, 0.717) is 23.7 Å². The van der Waals surface area contributed by atoms with Crippen molar-refractivity contribution in [1.29, 1.82) is 0 Å². The van der Waals surface area contributed by atoms with Crippen LogP contribution < -0.4 is 0 Å². The highest BCUT2D eigenvalue weighted by Crippen LogP contribution is 2.30. The van der Waals surface area contributed by atoms with Crippen LogP contribution in [-0.4, -0.2) is 117 Å². The summed E-state index contributed by atoms with van der Waals surface area (Å²) < 4.78 is 36.8. The standard InChI is InChI=1S/C29H65NO9S2Si4/c1-14-29(33)30(21-27(31)23-34-17-15-19-44(12,36-40-25(2)3)37-41-26(4)5)22-28(32)24-35-18-16-20-45(13,38-42(6,7)8)39-43(9,10)11/h14,25-28,31-32H,1,15-24H2,2-13H3. The van der Waals surface area contributed by atoms with Crippen LogP contribution in [-0.2, 0) is 30.2 Å². The molecule has 0 fully saturated rings. The van der Waals surface area contributed by atoms with E-state index in [9.17, 15) is 15.0 Å². The van der Waals surface area contributed by atoms with Gasteiger partial charge in [-0.15, -0.1) is 0 Å². The minimum absolute atomic E-state index is 0.0165. The average molecular weight is 748 g/mol. The summed E-state index contributed by atoms with van der Waals surface area (Å²) in [6.45, 7) is 30.3. The molecule has 45 heavy (non-hydrogen) atoms. The van der Waals surface area contributed by atoms with Gasteiger partial charge >= 0.3 is 17.1 Å². The molecule has 0 radical (unpaired) electrons. The maximum absolute atomic E-state index is 12.5. The second kappa shape index (κ2) is 22.2. The molecule has 16 heteroatoms. The fraction of sp³-hybridized carbons (Fsp3) is 0.897. The van der Waals surface area contributed by atoms with Gasteiger partial charge in [0.2, 0.25) is 5.91 Å². The van der Waals surface area contributed by atoms with Crippen molar-refractivity contribution in [2.75, 3.05) is 39.5 Å². The van der Waals surface area contributed by atoms with Crippen molar-refractivity contribution >= 4 is 63.7 Å². The lowest BCUT2D eigenvalue weighted by Gasteiger charge is -2.38. The zero-order valence-corrected chi connectivity index (χ0v) is 35.8. The molecule has 0 rings (SSSR count). The van der Waals surface area contributed by atoms with E-state index in [4.69, 9.17) is 25.4 Å². The first kappa shape index (κ1) is 45.5. The van der Waals surface area contributed by atoms with Crippen LogP contribution in [0.3, 0.4) is 0 Å². The van der Waals surface area contributed by atoms with E-state index in [-0.39, 0.29) is 32.2 Å². The number of aliphatic hydroxyl groups excluding tert-OH is 2. The van der Waals surface area contributed by atoms with E-state index < -0.39 is 46.0 Å². The molecule has 0 heterocycles. The van der Waals surface area contributed by atoms with Crippen molar-refractivity contribution in [3.63, 3.8) is 0 Å². The van der Waals surface area contributed by atoms with Crippen molar-refractivity contribution in [3.05, 3.63) is 12.7 Å². The largest absolute Gasteiger partial charge is 0.437 e. The first-order valence-electron chi connectivity index (χ1n) is 16.1. The van der Waals surface area contributed by atoms with E-state index in [0.717, 1.165) is 24.9 Å². The number of carbonyl (C=O) groups is 1. The molecule has 2 N–H and O–H groups in total. The van der Waals surface area contributed by atoms with Crippen molar-refractivity contribution in [1.82, 2.24) is 4.90 Å². The van der Waals surface area contributed by atoms with Gasteiger partial charge in [-0.05, 0) is 107 Å². The van der Waals surface area contributed by atoms with Gasteiger partial charge in [-0.25, -0.2) is 0 Å². The Morgan fingerprint density at radius 3 is 1.44 bits per heavy atom. The SMILES string of the molecule is C=CC(=O)N(CC(O)COCCC[Si](C)(OSC(C)C)OSC(C)C)CC(O)COCCC[Si](C)(O[Si](C)(C)C)O[Si](C)(C)C. The van der Waals surface area contributed by atoms with Gasteiger partial charge in [0.05, 0.1) is 25.4 Å². The highest BCUT2D eigenvalue weighted by atomic mass is 32.2. The minimum Gasteiger partial charge on any atom is -0.437 e. The molecule has 0 saturated carbocycles. The summed E-state index contributed by atoms with van der Waals surface area (Å²) in [6, 6.07) is 1.58. The van der Waals surface area contributed by atoms with Gasteiger partial charge in [0.25, 0.3) is 0 Å². The van der Waals surface area contributed by atoms with E-state index in [1.54, 1.807) is 0 Å². The van der Waals surface area contributed by atoms with Crippen LogP contribution in [0.2, 0.25) is 64.5 Å². The molecule has 2 unspecified atom stereocenters. The molecule has 0 aromatic heterocycles. The zero-order valence-electron chi connectivity index (χ0n) is 30.2. The molecule has 0 saturated heterocycles. The Morgan fingerprint density at radius 1 is 0.733 bits per heavy atom. The molecule has 0 bridgehead atoms. The lowest BCUT2D eigenvalue weighted by molar-refractivity contribution is -0.130. The van der Waals surface area contributed by atoms with Crippen LogP contribution in [0, 0.1) is 0 Å². The van der Waals surface area contributed by atoms with Gasteiger partial charge < -0.3 is 40.6 Å². The Bertz CT molecular complexity index is 805. The van der Waals surface area contributed by atoms with Crippen LogP contribution in [0.15, 0.2) is 12.7 Å². The summed E-state index contributed by atoms with van der Waals surface area (Å²) in [4.78, 5) is 13.8. The summed E-state index contributed by atoms with van der Waals surface area (Å²) >= 11 is 2.90. The molecule has 2 atom stereocenters. The Labute approximate surface area is 287 Å². The number of carbonyl (C=O) groups excluding carboxylic acids is 1. The summed E-state index contributed by atoms with van der Waals surface area (Å²) in [5, 5.41) is 21.9. The van der Waals surface area contributed by atoms with Crippen LogP contribution in [0.1, 0.15) is 40.5 Å². The number of ether oxygens (including phenoxy) is 2. The van der Waals surface area contributed by atoms with Gasteiger partial charge in [0.15, 0.2) is 16.6 Å². The summed E-state index contributed by atoms with van der Waals surface area (Å²) in [6.07, 6.45) is 0.861. The van der Waals surface area contributed by atoms with Crippen molar-refractivity contribution < 1.29 is 40.5 Å². The first-order chi connectivity index (χ1) is 20.6. The molecular formula is C29H65NO9S2Si4. The van der Waals surface area contributed by atoms with E-state index in [1.165, 1.54) is 35.1 Å². The molecular weight excluding hydrogens is 683 g/mol. The molecule has 0 aliphatic carbocycles. The fourth-order valence-corrected chi connectivity index (χ4v) is 21.8. The number of nitrogens with zero attached hydrogens (tertiary/aromatic N) is 1. The number of aliphatic hydroxyl groups is 2. The Hall–Kier alpha value is 0.458. The van der Waals surface area contributed by atoms with Crippen LogP contribution in [0.5, 0.6) is 0 Å². The van der Waals surface area contributed by atoms with Gasteiger partial charge in [0.1, 0.15) is 0 Å². The maximum atomic E-state index is 12.5.